The zero-order chi connectivity index (χ0) is 23.7. The summed E-state index contributed by atoms with van der Waals surface area (Å²) in [6.07, 6.45) is -0.932. The molecule has 0 saturated carbocycles. The molecule has 8 nitrogen and oxygen atoms in total. The number of hydrogen-bond donors (Lipinski definition) is 1. The second-order valence-electron chi connectivity index (χ2n) is 7.16. The Morgan fingerprint density at radius 2 is 1.76 bits per heavy atom. The van der Waals surface area contributed by atoms with E-state index in [4.69, 9.17) is 9.47 Å². The van der Waals surface area contributed by atoms with E-state index in [0.29, 0.717) is 11.2 Å². The molecule has 2 aromatic carbocycles. The lowest BCUT2D eigenvalue weighted by Crippen LogP contribution is -2.36. The van der Waals surface area contributed by atoms with Crippen LogP contribution in [-0.4, -0.2) is 52.2 Å². The van der Waals surface area contributed by atoms with E-state index in [1.165, 1.54) is 26.4 Å². The van der Waals surface area contributed by atoms with Gasteiger partial charge in [-0.05, 0) is 17.7 Å². The fourth-order valence-electron chi connectivity index (χ4n) is 3.49. The fourth-order valence-corrected chi connectivity index (χ4v) is 3.49. The van der Waals surface area contributed by atoms with Crippen molar-refractivity contribution in [2.45, 2.75) is 12.7 Å². The highest BCUT2D eigenvalue weighted by atomic mass is 19.3. The maximum absolute atomic E-state index is 13.4. The van der Waals surface area contributed by atoms with Crippen LogP contribution in [0, 0.1) is 0 Å². The van der Waals surface area contributed by atoms with Crippen LogP contribution < -0.4 is 14.8 Å². The molecule has 0 spiro atoms. The molecule has 4 rings (SSSR count). The topological polar surface area (TPSA) is 83.2 Å². The summed E-state index contributed by atoms with van der Waals surface area (Å²) in [4.78, 5) is 16.9. The Bertz CT molecular complexity index is 1290. The van der Waals surface area contributed by atoms with Crippen molar-refractivity contribution < 1.29 is 27.4 Å². The molecule has 1 amide bonds. The number of fused-ring (bicyclic) bond motifs is 1. The van der Waals surface area contributed by atoms with Crippen molar-refractivity contribution in [1.82, 2.24) is 24.6 Å². The summed E-state index contributed by atoms with van der Waals surface area (Å²) in [5.74, 6) is -1.03. The van der Waals surface area contributed by atoms with E-state index in [9.17, 15) is 18.0 Å². The van der Waals surface area contributed by atoms with Crippen LogP contribution in [0.15, 0.2) is 49.1 Å². The van der Waals surface area contributed by atoms with Gasteiger partial charge in [-0.25, -0.2) is 18.2 Å². The van der Waals surface area contributed by atoms with Crippen molar-refractivity contribution in [3.8, 4) is 28.3 Å². The minimum absolute atomic E-state index is 0.0251. The van der Waals surface area contributed by atoms with E-state index >= 15 is 0 Å². The van der Waals surface area contributed by atoms with Gasteiger partial charge in [0, 0.05) is 30.9 Å². The Hall–Kier alpha value is -4.02. The largest absolute Gasteiger partial charge is 0.496 e. The highest BCUT2D eigenvalue weighted by Crippen LogP contribution is 2.34. The van der Waals surface area contributed by atoms with Crippen LogP contribution in [-0.2, 0) is 7.05 Å². The summed E-state index contributed by atoms with van der Waals surface area (Å²) in [5, 5.41) is 5.79. The number of alkyl halides is 3. The first kappa shape index (κ1) is 22.2. The number of benzene rings is 2. The predicted octanol–water partition coefficient (Wildman–Crippen LogP) is 3.73. The number of methoxy groups -OCH3 is 2. The molecule has 172 valence electrons. The molecule has 33 heavy (non-hydrogen) atoms. The second-order valence-corrected chi connectivity index (χ2v) is 7.16. The molecular formula is C22H20F3N5O3. The third-order valence-electron chi connectivity index (χ3n) is 5.07. The summed E-state index contributed by atoms with van der Waals surface area (Å²) < 4.78 is 52.5. The van der Waals surface area contributed by atoms with Gasteiger partial charge >= 0.3 is 0 Å². The highest BCUT2D eigenvalue weighted by Gasteiger charge is 2.27. The lowest BCUT2D eigenvalue weighted by atomic mass is 10.1. The van der Waals surface area contributed by atoms with Gasteiger partial charge in [-0.3, -0.25) is 14.0 Å². The molecule has 2 aromatic heterocycles. The zero-order valence-corrected chi connectivity index (χ0v) is 17.9. The molecule has 1 unspecified atom stereocenters. The number of nitrogens with zero attached hydrogens (tertiary/aromatic N) is 4. The molecule has 0 aliphatic heterocycles. The van der Waals surface area contributed by atoms with Crippen LogP contribution in [0.5, 0.6) is 11.5 Å². The molecule has 1 N–H and O–H groups in total. The van der Waals surface area contributed by atoms with E-state index in [-0.39, 0.29) is 17.1 Å². The van der Waals surface area contributed by atoms with E-state index in [0.717, 1.165) is 16.6 Å². The highest BCUT2D eigenvalue weighted by molar-refractivity contribution is 6.00. The maximum Gasteiger partial charge on any atom is 0.287 e. The van der Waals surface area contributed by atoms with E-state index in [1.54, 1.807) is 27.1 Å². The Labute approximate surface area is 186 Å². The van der Waals surface area contributed by atoms with Gasteiger partial charge in [0.1, 0.15) is 23.4 Å². The van der Waals surface area contributed by atoms with Crippen LogP contribution in [0.3, 0.4) is 0 Å². The number of ether oxygens (including phenoxy) is 2. The molecule has 0 saturated heterocycles. The van der Waals surface area contributed by atoms with Gasteiger partial charge in [0.15, 0.2) is 0 Å². The third-order valence-corrected chi connectivity index (χ3v) is 5.07. The maximum atomic E-state index is 13.4. The summed E-state index contributed by atoms with van der Waals surface area (Å²) >= 11 is 0. The van der Waals surface area contributed by atoms with E-state index < -0.39 is 18.6 Å². The van der Waals surface area contributed by atoms with Crippen molar-refractivity contribution in [1.29, 1.82) is 0 Å². The van der Waals surface area contributed by atoms with Crippen molar-refractivity contribution >= 4 is 16.9 Å². The first-order chi connectivity index (χ1) is 15.8. The van der Waals surface area contributed by atoms with Gasteiger partial charge in [0.25, 0.3) is 12.3 Å². The summed E-state index contributed by atoms with van der Waals surface area (Å²) in [5.41, 5.74) is 3.72. The number of carbonyl (C=O) groups is 1. The average molecular weight is 459 g/mol. The Morgan fingerprint density at radius 1 is 1.06 bits per heavy atom. The molecular weight excluding hydrogens is 439 g/mol. The molecule has 0 radical (unpaired) electrons. The van der Waals surface area contributed by atoms with E-state index in [2.05, 4.69) is 10.1 Å². The van der Waals surface area contributed by atoms with Crippen molar-refractivity contribution in [3.05, 3.63) is 54.6 Å². The fraction of sp³-hybridized carbons (Fsp3) is 0.227. The zero-order valence-electron chi connectivity index (χ0n) is 17.9. The first-order valence-corrected chi connectivity index (χ1v) is 9.78. The number of halogens is 3. The molecule has 0 bridgehead atoms. The number of amides is 1. The Kier molecular flexibility index (Phi) is 5.95. The lowest BCUT2D eigenvalue weighted by molar-refractivity contribution is 0.0285. The Morgan fingerprint density at radius 3 is 2.33 bits per heavy atom. The van der Waals surface area contributed by atoms with Gasteiger partial charge in [-0.15, -0.1) is 0 Å². The van der Waals surface area contributed by atoms with Crippen LogP contribution in [0.4, 0.5) is 13.2 Å². The first-order valence-electron chi connectivity index (χ1n) is 9.78. The summed E-state index contributed by atoms with van der Waals surface area (Å²) in [6, 6.07) is 8.78. The van der Waals surface area contributed by atoms with Crippen LogP contribution in [0.25, 0.3) is 27.8 Å². The molecule has 0 aliphatic rings. The number of carbonyl (C=O) groups excluding carboxylic acids is 1. The Balaban J connectivity index is 1.75. The SMILES string of the molecule is COc1cc(-n2cnc3cc(-c4cnn(C)c4)ccc32)cc(OC)c1C(=O)NC(F)C(F)F. The van der Waals surface area contributed by atoms with Crippen molar-refractivity contribution in [2.24, 2.45) is 7.05 Å². The molecule has 1 atom stereocenters. The summed E-state index contributed by atoms with van der Waals surface area (Å²) in [7, 11) is 4.45. The van der Waals surface area contributed by atoms with Crippen molar-refractivity contribution in [3.63, 3.8) is 0 Å². The number of aryl methyl sites for hydroxylation is 1. The van der Waals surface area contributed by atoms with Crippen LogP contribution in [0.2, 0.25) is 0 Å². The number of nitrogens with one attached hydrogen (secondary N) is 1. The number of aromatic nitrogens is 4. The van der Waals surface area contributed by atoms with Gasteiger partial charge in [-0.2, -0.15) is 5.10 Å². The van der Waals surface area contributed by atoms with Gasteiger partial charge in [-0.1, -0.05) is 6.07 Å². The molecule has 2 heterocycles. The minimum atomic E-state index is -3.36. The molecule has 4 aromatic rings. The van der Waals surface area contributed by atoms with Crippen LogP contribution >= 0.6 is 0 Å². The quantitative estimate of drug-likeness (QED) is 0.426. The standard InChI is InChI=1S/C22H20F3N5O3/c1-29-10-13(9-27-29)12-4-5-16-15(6-12)26-11-30(16)14-7-17(32-2)19(18(8-14)33-3)22(31)28-21(25)20(23)24/h4-11,20-21H,1-3H3,(H,28,31). The van der Waals surface area contributed by atoms with Crippen molar-refractivity contribution in [2.75, 3.05) is 14.2 Å². The second kappa shape index (κ2) is 8.85. The monoisotopic (exact) mass is 459 g/mol. The van der Waals surface area contributed by atoms with Crippen LogP contribution in [0.1, 0.15) is 10.4 Å². The summed E-state index contributed by atoms with van der Waals surface area (Å²) in [6.45, 7) is 0. The molecule has 11 heteroatoms. The lowest BCUT2D eigenvalue weighted by Gasteiger charge is -2.17. The number of hydrogen-bond acceptors (Lipinski definition) is 5. The molecule has 0 fully saturated rings. The smallest absolute Gasteiger partial charge is 0.287 e. The van der Waals surface area contributed by atoms with Gasteiger partial charge in [0.05, 0.1) is 37.1 Å². The third kappa shape index (κ3) is 4.21. The van der Waals surface area contributed by atoms with Gasteiger partial charge in [0.2, 0.25) is 6.30 Å². The minimum Gasteiger partial charge on any atom is -0.496 e. The molecule has 0 aliphatic carbocycles. The van der Waals surface area contributed by atoms with Gasteiger partial charge < -0.3 is 14.8 Å². The number of rotatable bonds is 7. The average Bonchev–Trinajstić information content (AvgIpc) is 3.43. The normalized spacial score (nSPS) is 12.2. The number of imidazole rings is 1. The van der Waals surface area contributed by atoms with E-state index in [1.807, 2.05) is 31.4 Å². The predicted molar refractivity (Wildman–Crippen MR) is 115 cm³/mol.